The van der Waals surface area contributed by atoms with Gasteiger partial charge >= 0.3 is 5.97 Å². The van der Waals surface area contributed by atoms with Gasteiger partial charge in [-0.25, -0.2) is 0 Å². The van der Waals surface area contributed by atoms with Crippen molar-refractivity contribution in [2.24, 2.45) is 0 Å². The Morgan fingerprint density at radius 3 is 2.63 bits per heavy atom. The molecule has 3 nitrogen and oxygen atoms in total. The summed E-state index contributed by atoms with van der Waals surface area (Å²) in [5.74, 6) is -0.323. The highest BCUT2D eigenvalue weighted by Gasteiger charge is 2.26. The van der Waals surface area contributed by atoms with Crippen molar-refractivity contribution in [1.29, 1.82) is 0 Å². The lowest BCUT2D eigenvalue weighted by Gasteiger charge is -2.21. The third kappa shape index (κ3) is 5.10. The van der Waals surface area contributed by atoms with Crippen LogP contribution in [0.5, 0.6) is 0 Å². The molecule has 0 amide bonds. The molecule has 1 N–H and O–H groups in total. The van der Waals surface area contributed by atoms with Crippen molar-refractivity contribution in [1.82, 2.24) is 0 Å². The Morgan fingerprint density at radius 2 is 1.81 bits per heavy atom. The molecule has 0 saturated heterocycles. The Kier molecular flexibility index (Phi) is 6.89. The molecular weight excluding hydrogens is 353 g/mol. The molecule has 3 rings (SSSR count). The van der Waals surface area contributed by atoms with E-state index >= 15 is 0 Å². The van der Waals surface area contributed by atoms with Crippen molar-refractivity contribution in [3.63, 3.8) is 0 Å². The lowest BCUT2D eigenvalue weighted by molar-refractivity contribution is -0.137. The minimum atomic E-state index is -0.692. The summed E-state index contributed by atoms with van der Waals surface area (Å²) in [6.07, 6.45) is 6.56. The molecule has 2 aromatic carbocycles. The molecular formula is C22H26BNO2S. The molecule has 2 radical (unpaired) electrons. The van der Waals surface area contributed by atoms with Crippen LogP contribution in [-0.4, -0.2) is 26.0 Å². The number of hydrogen-bond donors (Lipinski definition) is 1. The molecule has 1 aliphatic heterocycles. The van der Waals surface area contributed by atoms with Gasteiger partial charge in [0.25, 0.3) is 0 Å². The number of anilines is 1. The maximum absolute atomic E-state index is 10.6. The fourth-order valence-corrected chi connectivity index (χ4v) is 4.88. The molecule has 0 bridgehead atoms. The van der Waals surface area contributed by atoms with E-state index in [1.807, 2.05) is 6.07 Å². The minimum Gasteiger partial charge on any atom is -0.481 e. The third-order valence-electron chi connectivity index (χ3n) is 5.18. The van der Waals surface area contributed by atoms with Gasteiger partial charge in [-0.1, -0.05) is 67.5 Å². The number of carboxylic acids is 1. The van der Waals surface area contributed by atoms with E-state index in [9.17, 15) is 4.79 Å². The van der Waals surface area contributed by atoms with Crippen molar-refractivity contribution >= 4 is 36.9 Å². The second kappa shape index (κ2) is 9.36. The monoisotopic (exact) mass is 379 g/mol. The van der Waals surface area contributed by atoms with Crippen molar-refractivity contribution in [3.8, 4) is 0 Å². The first kappa shape index (κ1) is 19.9. The summed E-state index contributed by atoms with van der Waals surface area (Å²) < 4.78 is 2.24. The van der Waals surface area contributed by atoms with Gasteiger partial charge in [-0.2, -0.15) is 0 Å². The summed E-state index contributed by atoms with van der Waals surface area (Å²) in [4.78, 5) is 11.8. The summed E-state index contributed by atoms with van der Waals surface area (Å²) in [5.41, 5.74) is 4.81. The van der Waals surface area contributed by atoms with Gasteiger partial charge in [-0.05, 0) is 42.0 Å². The lowest BCUT2D eigenvalue weighted by atomic mass is 9.84. The highest BCUT2D eigenvalue weighted by molar-refractivity contribution is 8.00. The summed E-state index contributed by atoms with van der Waals surface area (Å²) in [6.45, 7) is 0. The van der Waals surface area contributed by atoms with Crippen LogP contribution in [-0.2, 0) is 4.79 Å². The fraction of sp³-hybridized carbons (Fsp3) is 0.409. The van der Waals surface area contributed by atoms with E-state index in [1.165, 1.54) is 21.7 Å². The topological polar surface area (TPSA) is 40.5 Å². The van der Waals surface area contributed by atoms with Crippen LogP contribution < -0.4 is 9.77 Å². The minimum absolute atomic E-state index is 0.286. The number of hydrogen-bond acceptors (Lipinski definition) is 3. The molecule has 1 atom stereocenters. The number of aliphatic carboxylic acids is 1. The second-order valence-corrected chi connectivity index (χ2v) is 8.37. The third-order valence-corrected chi connectivity index (χ3v) is 6.20. The van der Waals surface area contributed by atoms with Crippen LogP contribution in [0.2, 0.25) is 0 Å². The molecule has 0 spiro atoms. The zero-order chi connectivity index (χ0) is 19.2. The molecule has 27 heavy (non-hydrogen) atoms. The number of para-hydroxylation sites is 1. The maximum atomic E-state index is 10.6. The lowest BCUT2D eigenvalue weighted by Crippen LogP contribution is -2.07. The zero-order valence-electron chi connectivity index (χ0n) is 15.9. The molecule has 0 aromatic heterocycles. The predicted octanol–water partition coefficient (Wildman–Crippen LogP) is 4.88. The molecule has 1 heterocycles. The Hall–Kier alpha value is -1.88. The number of nitrogens with zero attached hydrogens (tertiary/aromatic N) is 1. The number of rotatable bonds is 8. The maximum Gasteiger partial charge on any atom is 0.303 e. The highest BCUT2D eigenvalue weighted by Crippen LogP contribution is 2.45. The summed E-state index contributed by atoms with van der Waals surface area (Å²) in [5, 5.41) is 8.73. The number of carbonyl (C=O) groups is 1. The van der Waals surface area contributed by atoms with E-state index < -0.39 is 5.97 Å². The van der Waals surface area contributed by atoms with Gasteiger partial charge in [0.15, 0.2) is 0 Å². The van der Waals surface area contributed by atoms with E-state index in [0.717, 1.165) is 44.0 Å². The van der Waals surface area contributed by atoms with E-state index in [2.05, 4.69) is 47.8 Å². The molecule has 0 fully saturated rings. The highest BCUT2D eigenvalue weighted by atomic mass is 32.2. The van der Waals surface area contributed by atoms with Crippen molar-refractivity contribution in [3.05, 3.63) is 53.6 Å². The van der Waals surface area contributed by atoms with Gasteiger partial charge in [0, 0.05) is 24.3 Å². The smallest absolute Gasteiger partial charge is 0.303 e. The standard InChI is InChI=1S/C22H26BNO2S/c1-24-20-11-8-7-10-18(20)17(9-5-3-2-4-6-12-22(25)26)19-14-13-16(23)15-21(19)27-24/h7-8,10-11,13-15,17H,2-6,9,12H2,1H3,(H,25,26). The second-order valence-electron chi connectivity index (χ2n) is 7.20. The number of fused-ring (bicyclic) bond motifs is 2. The van der Waals surface area contributed by atoms with Gasteiger partial charge in [0.1, 0.15) is 7.85 Å². The predicted molar refractivity (Wildman–Crippen MR) is 114 cm³/mol. The summed E-state index contributed by atoms with van der Waals surface area (Å²) in [7, 11) is 8.16. The van der Waals surface area contributed by atoms with Crippen LogP contribution in [0.4, 0.5) is 5.69 Å². The van der Waals surface area contributed by atoms with E-state index in [1.54, 1.807) is 11.9 Å². The van der Waals surface area contributed by atoms with Crippen LogP contribution in [0.3, 0.4) is 0 Å². The van der Waals surface area contributed by atoms with Crippen LogP contribution in [0.1, 0.15) is 62.0 Å². The quantitative estimate of drug-likeness (QED) is 0.403. The molecule has 1 aliphatic rings. The summed E-state index contributed by atoms with van der Waals surface area (Å²) in [6, 6.07) is 14.9. The van der Waals surface area contributed by atoms with Gasteiger partial charge in [-0.15, -0.1) is 0 Å². The molecule has 0 saturated carbocycles. The first-order valence-electron chi connectivity index (χ1n) is 9.68. The first-order chi connectivity index (χ1) is 13.1. The molecule has 140 valence electrons. The van der Waals surface area contributed by atoms with Crippen molar-refractivity contribution < 1.29 is 9.90 Å². The number of benzene rings is 2. The molecule has 5 heteroatoms. The van der Waals surface area contributed by atoms with E-state index in [0.29, 0.717) is 5.92 Å². The van der Waals surface area contributed by atoms with Gasteiger partial charge in [0.05, 0.1) is 5.69 Å². The van der Waals surface area contributed by atoms with Crippen molar-refractivity contribution in [2.45, 2.75) is 55.8 Å². The Bertz CT molecular complexity index is 796. The van der Waals surface area contributed by atoms with Gasteiger partial charge < -0.3 is 9.41 Å². The first-order valence-corrected chi connectivity index (χ1v) is 10.5. The van der Waals surface area contributed by atoms with Crippen LogP contribution >= 0.6 is 11.9 Å². The van der Waals surface area contributed by atoms with Gasteiger partial charge in [0.2, 0.25) is 0 Å². The molecule has 2 aromatic rings. The van der Waals surface area contributed by atoms with Crippen LogP contribution in [0.25, 0.3) is 0 Å². The Morgan fingerprint density at radius 1 is 1.07 bits per heavy atom. The van der Waals surface area contributed by atoms with E-state index in [-0.39, 0.29) is 6.42 Å². The Labute approximate surface area is 167 Å². The van der Waals surface area contributed by atoms with Crippen molar-refractivity contribution in [2.75, 3.05) is 11.4 Å². The SMILES string of the molecule is [B]c1ccc2c(c1)SN(C)c1ccccc1C2CCCCCCCC(=O)O. The molecule has 1 unspecified atom stereocenters. The number of carboxylic acid groups (broad SMARTS) is 1. The Balaban J connectivity index is 1.71. The molecule has 0 aliphatic carbocycles. The van der Waals surface area contributed by atoms with Crippen LogP contribution in [0, 0.1) is 0 Å². The average molecular weight is 379 g/mol. The largest absolute Gasteiger partial charge is 0.481 e. The van der Waals surface area contributed by atoms with E-state index in [4.69, 9.17) is 13.0 Å². The number of unbranched alkanes of at least 4 members (excludes halogenated alkanes) is 4. The fourth-order valence-electron chi connectivity index (χ4n) is 3.82. The zero-order valence-corrected chi connectivity index (χ0v) is 16.7. The summed E-state index contributed by atoms with van der Waals surface area (Å²) >= 11 is 1.74. The average Bonchev–Trinajstić information content (AvgIpc) is 2.75. The van der Waals surface area contributed by atoms with Gasteiger partial charge in [-0.3, -0.25) is 4.79 Å². The van der Waals surface area contributed by atoms with Crippen LogP contribution in [0.15, 0.2) is 47.4 Å². The normalized spacial score (nSPS) is 15.7.